The average Bonchev–Trinajstić information content (AvgIpc) is 2.77. The van der Waals surface area contributed by atoms with E-state index >= 15 is 0 Å². The summed E-state index contributed by atoms with van der Waals surface area (Å²) in [4.78, 5) is 11.0. The quantitative estimate of drug-likeness (QED) is 0.449. The molecule has 1 unspecified atom stereocenters. The second-order valence-corrected chi connectivity index (χ2v) is 9.63. The molecule has 164 valence electrons. The second kappa shape index (κ2) is 9.62. The van der Waals surface area contributed by atoms with Crippen LogP contribution in [0.15, 0.2) is 30.1 Å². The van der Waals surface area contributed by atoms with E-state index in [9.17, 15) is 13.6 Å². The third-order valence-corrected chi connectivity index (χ3v) is 7.70. The molecule has 2 aliphatic carbocycles. The number of hydrogen-bond donors (Lipinski definition) is 0. The van der Waals surface area contributed by atoms with Gasteiger partial charge in [0.15, 0.2) is 5.83 Å². The number of cyclic esters (lactones) is 1. The molecule has 30 heavy (non-hydrogen) atoms. The van der Waals surface area contributed by atoms with Crippen molar-refractivity contribution in [1.82, 2.24) is 0 Å². The van der Waals surface area contributed by atoms with Gasteiger partial charge in [0.2, 0.25) is 0 Å². The van der Waals surface area contributed by atoms with E-state index in [2.05, 4.69) is 6.92 Å². The highest BCUT2D eigenvalue weighted by molar-refractivity contribution is 5.75. The lowest BCUT2D eigenvalue weighted by Gasteiger charge is -2.37. The molecule has 1 heterocycles. The number of ether oxygens (including phenoxy) is 1. The lowest BCUT2D eigenvalue weighted by Crippen LogP contribution is -2.40. The predicted molar refractivity (Wildman–Crippen MR) is 115 cm³/mol. The highest BCUT2D eigenvalue weighted by Gasteiger charge is 2.37. The first-order valence-corrected chi connectivity index (χ1v) is 11.9. The van der Waals surface area contributed by atoms with Crippen LogP contribution in [0.5, 0.6) is 0 Å². The fourth-order valence-corrected chi connectivity index (χ4v) is 5.74. The highest BCUT2D eigenvalue weighted by Crippen LogP contribution is 2.42. The van der Waals surface area contributed by atoms with Crippen LogP contribution in [0.3, 0.4) is 0 Å². The zero-order chi connectivity index (χ0) is 21.1. The van der Waals surface area contributed by atoms with E-state index in [0.717, 1.165) is 51.4 Å². The van der Waals surface area contributed by atoms with Crippen molar-refractivity contribution < 1.29 is 18.3 Å². The van der Waals surface area contributed by atoms with Gasteiger partial charge in [-0.25, -0.2) is 8.78 Å². The van der Waals surface area contributed by atoms with Gasteiger partial charge in [-0.05, 0) is 74.7 Å². The SMILES string of the molecule is CCCC1CCC(/C(F)=C(\F)c2ccc(C3CCC(C4CC(=O)O4)CC3)cc2)CC1. The van der Waals surface area contributed by atoms with Gasteiger partial charge in [0.25, 0.3) is 0 Å². The molecule has 0 radical (unpaired) electrons. The molecule has 0 N–H and O–H groups in total. The zero-order valence-corrected chi connectivity index (χ0v) is 18.0. The average molecular weight is 417 g/mol. The molecule has 1 atom stereocenters. The largest absolute Gasteiger partial charge is 0.461 e. The minimum atomic E-state index is -0.670. The van der Waals surface area contributed by atoms with Gasteiger partial charge in [-0.15, -0.1) is 0 Å². The van der Waals surface area contributed by atoms with E-state index in [-0.39, 0.29) is 18.0 Å². The molecule has 0 bridgehead atoms. The molecule has 2 nitrogen and oxygen atoms in total. The third-order valence-electron chi connectivity index (χ3n) is 7.70. The Balaban J connectivity index is 1.33. The summed E-state index contributed by atoms with van der Waals surface area (Å²) in [6.07, 6.45) is 10.9. The van der Waals surface area contributed by atoms with Crippen molar-refractivity contribution in [3.05, 3.63) is 41.2 Å². The van der Waals surface area contributed by atoms with Crippen molar-refractivity contribution in [1.29, 1.82) is 0 Å². The number of halogens is 2. The Morgan fingerprint density at radius 2 is 1.60 bits per heavy atom. The van der Waals surface area contributed by atoms with E-state index in [1.807, 2.05) is 12.1 Å². The molecule has 3 fully saturated rings. The summed E-state index contributed by atoms with van der Waals surface area (Å²) in [5, 5.41) is 0. The molecule has 0 amide bonds. The number of hydrogen-bond acceptors (Lipinski definition) is 2. The van der Waals surface area contributed by atoms with Crippen LogP contribution in [0, 0.1) is 17.8 Å². The Morgan fingerprint density at radius 1 is 0.967 bits per heavy atom. The van der Waals surface area contributed by atoms with Crippen LogP contribution in [0.4, 0.5) is 8.78 Å². The standard InChI is InChI=1S/C26H34F2O2/c1-2-3-17-4-6-21(7-5-17)25(27)26(28)22-14-10-19(11-15-22)18-8-12-20(13-9-18)23-16-24(29)30-23/h10-11,14-15,17-18,20-21,23H,2-9,12-13,16H2,1H3/b26-25+. The first kappa shape index (κ1) is 21.5. The molecular formula is C26H34F2O2. The molecule has 1 aromatic carbocycles. The lowest BCUT2D eigenvalue weighted by molar-refractivity contribution is -0.176. The molecule has 0 aromatic heterocycles. The summed E-state index contributed by atoms with van der Waals surface area (Å²) < 4.78 is 34.8. The van der Waals surface area contributed by atoms with Crippen LogP contribution in [0.2, 0.25) is 0 Å². The summed E-state index contributed by atoms with van der Waals surface area (Å²) in [5.74, 6) is 0.0803. The van der Waals surface area contributed by atoms with Crippen LogP contribution in [0.25, 0.3) is 5.83 Å². The van der Waals surface area contributed by atoms with Crippen molar-refractivity contribution >= 4 is 11.8 Å². The smallest absolute Gasteiger partial charge is 0.309 e. The van der Waals surface area contributed by atoms with Gasteiger partial charge in [-0.3, -0.25) is 4.79 Å². The fraction of sp³-hybridized carbons (Fsp3) is 0.654. The molecule has 2 saturated carbocycles. The maximum Gasteiger partial charge on any atom is 0.309 e. The number of carbonyl (C=O) groups is 1. The van der Waals surface area contributed by atoms with Gasteiger partial charge in [-0.1, -0.05) is 44.0 Å². The van der Waals surface area contributed by atoms with Crippen molar-refractivity contribution in [3.8, 4) is 0 Å². The maximum absolute atomic E-state index is 14.8. The maximum atomic E-state index is 14.8. The van der Waals surface area contributed by atoms with Crippen molar-refractivity contribution in [2.45, 2.75) is 89.6 Å². The molecule has 3 aliphatic rings. The number of allylic oxidation sites excluding steroid dienone is 1. The number of rotatable bonds is 6. The molecular weight excluding hydrogens is 382 g/mol. The van der Waals surface area contributed by atoms with Gasteiger partial charge in [0, 0.05) is 11.5 Å². The Hall–Kier alpha value is -1.71. The second-order valence-electron chi connectivity index (χ2n) is 9.63. The van der Waals surface area contributed by atoms with Crippen LogP contribution >= 0.6 is 0 Å². The van der Waals surface area contributed by atoms with Crippen molar-refractivity contribution in [3.63, 3.8) is 0 Å². The monoisotopic (exact) mass is 416 g/mol. The van der Waals surface area contributed by atoms with Crippen molar-refractivity contribution in [2.75, 3.05) is 0 Å². The highest BCUT2D eigenvalue weighted by atomic mass is 19.2. The van der Waals surface area contributed by atoms with Gasteiger partial charge in [-0.2, -0.15) is 0 Å². The first-order valence-electron chi connectivity index (χ1n) is 11.9. The molecule has 4 rings (SSSR count). The summed E-state index contributed by atoms with van der Waals surface area (Å²) in [7, 11) is 0. The minimum Gasteiger partial charge on any atom is -0.461 e. The van der Waals surface area contributed by atoms with E-state index in [0.29, 0.717) is 29.7 Å². The Labute approximate surface area is 179 Å². The van der Waals surface area contributed by atoms with Crippen LogP contribution < -0.4 is 0 Å². The Bertz CT molecular complexity index is 746. The summed E-state index contributed by atoms with van der Waals surface area (Å²) in [6, 6.07) is 7.42. The first-order chi connectivity index (χ1) is 14.5. The minimum absolute atomic E-state index is 0.0750. The number of benzene rings is 1. The fourth-order valence-electron chi connectivity index (χ4n) is 5.74. The van der Waals surface area contributed by atoms with Crippen LogP contribution in [-0.2, 0) is 9.53 Å². The van der Waals surface area contributed by atoms with E-state index < -0.39 is 11.7 Å². The molecule has 0 spiro atoms. The Morgan fingerprint density at radius 3 is 2.17 bits per heavy atom. The van der Waals surface area contributed by atoms with Gasteiger partial charge in [0.05, 0.1) is 6.42 Å². The van der Waals surface area contributed by atoms with E-state index in [4.69, 9.17) is 4.74 Å². The van der Waals surface area contributed by atoms with Crippen LogP contribution in [-0.4, -0.2) is 12.1 Å². The third kappa shape index (κ3) is 4.78. The summed E-state index contributed by atoms with van der Waals surface area (Å²) in [6.45, 7) is 2.19. The normalized spacial score (nSPS) is 32.8. The number of carbonyl (C=O) groups excluding carboxylic acids is 1. The molecule has 1 aromatic rings. The molecule has 4 heteroatoms. The number of esters is 1. The topological polar surface area (TPSA) is 26.3 Å². The van der Waals surface area contributed by atoms with Gasteiger partial charge in [0.1, 0.15) is 11.9 Å². The summed E-state index contributed by atoms with van der Waals surface area (Å²) in [5.41, 5.74) is 1.57. The zero-order valence-electron chi connectivity index (χ0n) is 18.0. The lowest BCUT2D eigenvalue weighted by atomic mass is 9.75. The molecule has 1 aliphatic heterocycles. The van der Waals surface area contributed by atoms with Gasteiger partial charge < -0.3 is 4.74 Å². The summed E-state index contributed by atoms with van der Waals surface area (Å²) >= 11 is 0. The van der Waals surface area contributed by atoms with E-state index in [1.54, 1.807) is 12.1 Å². The predicted octanol–water partition coefficient (Wildman–Crippen LogP) is 7.49. The van der Waals surface area contributed by atoms with Gasteiger partial charge >= 0.3 is 5.97 Å². The Kier molecular flexibility index (Phi) is 6.90. The van der Waals surface area contributed by atoms with Crippen LogP contribution in [0.1, 0.15) is 94.6 Å². The molecule has 1 saturated heterocycles. The van der Waals surface area contributed by atoms with Crippen molar-refractivity contribution in [2.24, 2.45) is 17.8 Å². The van der Waals surface area contributed by atoms with E-state index in [1.165, 1.54) is 18.4 Å².